The summed E-state index contributed by atoms with van der Waals surface area (Å²) in [6.07, 6.45) is 6.60. The van der Waals surface area contributed by atoms with E-state index in [1.807, 2.05) is 0 Å². The lowest BCUT2D eigenvalue weighted by atomic mass is 10.3. The molecular formula is C14H12ClN3O2. The number of methoxy groups -OCH3 is 1. The lowest BCUT2D eigenvalue weighted by molar-refractivity contribution is 0.414. The zero-order valence-electron chi connectivity index (χ0n) is 10.8. The fourth-order valence-electron chi connectivity index (χ4n) is 1.65. The van der Waals surface area contributed by atoms with Gasteiger partial charge in [0, 0.05) is 5.69 Å². The summed E-state index contributed by atoms with van der Waals surface area (Å²) in [5.41, 5.74) is 0.332. The second-order valence-electron chi connectivity index (χ2n) is 3.84. The molecule has 0 saturated heterocycles. The van der Waals surface area contributed by atoms with E-state index in [0.717, 1.165) is 0 Å². The van der Waals surface area contributed by atoms with Crippen molar-refractivity contribution < 1.29 is 4.74 Å². The normalized spacial score (nSPS) is 9.85. The van der Waals surface area contributed by atoms with Crippen molar-refractivity contribution in [2.75, 3.05) is 19.0 Å². The Morgan fingerprint density at radius 2 is 2.15 bits per heavy atom. The molecule has 0 spiro atoms. The Bertz CT molecular complexity index is 702. The van der Waals surface area contributed by atoms with Crippen molar-refractivity contribution in [2.24, 2.45) is 0 Å². The second-order valence-corrected chi connectivity index (χ2v) is 4.23. The van der Waals surface area contributed by atoms with E-state index in [9.17, 15) is 4.79 Å². The van der Waals surface area contributed by atoms with E-state index in [2.05, 4.69) is 16.2 Å². The van der Waals surface area contributed by atoms with E-state index in [1.165, 1.54) is 10.8 Å². The predicted molar refractivity (Wildman–Crippen MR) is 78.7 cm³/mol. The van der Waals surface area contributed by atoms with Crippen molar-refractivity contribution in [2.45, 2.75) is 0 Å². The molecule has 1 N–H and O–H groups in total. The number of ether oxygens (including phenoxy) is 1. The van der Waals surface area contributed by atoms with Gasteiger partial charge in [-0.25, -0.2) is 4.98 Å². The van der Waals surface area contributed by atoms with E-state index in [0.29, 0.717) is 11.4 Å². The van der Waals surface area contributed by atoms with Gasteiger partial charge < -0.3 is 10.1 Å². The van der Waals surface area contributed by atoms with Crippen LogP contribution in [0.4, 0.5) is 5.82 Å². The summed E-state index contributed by atoms with van der Waals surface area (Å²) in [6.45, 7) is 0.200. The van der Waals surface area contributed by atoms with Crippen LogP contribution in [0.3, 0.4) is 0 Å². The first-order valence-corrected chi connectivity index (χ1v) is 6.14. The van der Waals surface area contributed by atoms with Gasteiger partial charge in [-0.3, -0.25) is 9.36 Å². The SMILES string of the molecule is C#CCNc1nc(Cl)cn(-c2ccc(OC)cc2)c1=O. The molecule has 0 amide bonds. The molecule has 0 atom stereocenters. The minimum atomic E-state index is -0.324. The summed E-state index contributed by atoms with van der Waals surface area (Å²) in [4.78, 5) is 16.2. The Kier molecular flexibility index (Phi) is 4.28. The number of hydrogen-bond acceptors (Lipinski definition) is 4. The number of benzene rings is 1. The minimum absolute atomic E-state index is 0.117. The van der Waals surface area contributed by atoms with E-state index >= 15 is 0 Å². The topological polar surface area (TPSA) is 56.1 Å². The Labute approximate surface area is 121 Å². The highest BCUT2D eigenvalue weighted by atomic mass is 35.5. The number of aromatic nitrogens is 2. The highest BCUT2D eigenvalue weighted by Gasteiger charge is 2.08. The molecule has 2 aromatic rings. The molecule has 20 heavy (non-hydrogen) atoms. The average Bonchev–Trinajstić information content (AvgIpc) is 2.48. The van der Waals surface area contributed by atoms with Crippen molar-refractivity contribution in [3.05, 3.63) is 46.0 Å². The fourth-order valence-corrected chi connectivity index (χ4v) is 1.83. The van der Waals surface area contributed by atoms with Crippen LogP contribution in [0.2, 0.25) is 5.15 Å². The zero-order chi connectivity index (χ0) is 14.5. The van der Waals surface area contributed by atoms with E-state index < -0.39 is 0 Å². The molecule has 1 aromatic heterocycles. The number of halogens is 1. The highest BCUT2D eigenvalue weighted by molar-refractivity contribution is 6.29. The van der Waals surface area contributed by atoms with Crippen LogP contribution >= 0.6 is 11.6 Å². The predicted octanol–water partition coefficient (Wildman–Crippen LogP) is 1.94. The van der Waals surface area contributed by atoms with Crippen molar-refractivity contribution in [3.8, 4) is 23.8 Å². The maximum atomic E-state index is 12.3. The summed E-state index contributed by atoms with van der Waals surface area (Å²) < 4.78 is 6.47. The van der Waals surface area contributed by atoms with Gasteiger partial charge in [0.1, 0.15) is 10.9 Å². The van der Waals surface area contributed by atoms with Gasteiger partial charge in [0.05, 0.1) is 19.9 Å². The van der Waals surface area contributed by atoms with Gasteiger partial charge >= 0.3 is 0 Å². The molecule has 0 fully saturated rings. The molecule has 1 aromatic carbocycles. The van der Waals surface area contributed by atoms with Gasteiger partial charge in [-0.05, 0) is 24.3 Å². The van der Waals surface area contributed by atoms with Gasteiger partial charge in [0.2, 0.25) is 0 Å². The Morgan fingerprint density at radius 1 is 1.45 bits per heavy atom. The highest BCUT2D eigenvalue weighted by Crippen LogP contribution is 2.15. The van der Waals surface area contributed by atoms with Crippen LogP contribution in [0.5, 0.6) is 5.75 Å². The summed E-state index contributed by atoms with van der Waals surface area (Å²) in [7, 11) is 1.58. The third-order valence-corrected chi connectivity index (χ3v) is 2.77. The van der Waals surface area contributed by atoms with Gasteiger partial charge in [0.25, 0.3) is 5.56 Å². The number of terminal acetylenes is 1. The molecule has 102 valence electrons. The molecule has 0 radical (unpaired) electrons. The van der Waals surface area contributed by atoms with Crippen molar-refractivity contribution >= 4 is 17.4 Å². The lowest BCUT2D eigenvalue weighted by Crippen LogP contribution is -2.23. The van der Waals surface area contributed by atoms with Gasteiger partial charge in [-0.1, -0.05) is 17.5 Å². The molecule has 1 heterocycles. The first-order chi connectivity index (χ1) is 9.65. The zero-order valence-corrected chi connectivity index (χ0v) is 11.5. The van der Waals surface area contributed by atoms with Crippen LogP contribution in [0.1, 0.15) is 0 Å². The average molecular weight is 290 g/mol. The summed E-state index contributed by atoms with van der Waals surface area (Å²) in [5.74, 6) is 3.20. The molecule has 0 bridgehead atoms. The number of hydrogen-bond donors (Lipinski definition) is 1. The van der Waals surface area contributed by atoms with Crippen LogP contribution in [-0.2, 0) is 0 Å². The number of anilines is 1. The van der Waals surface area contributed by atoms with E-state index in [4.69, 9.17) is 22.8 Å². The van der Waals surface area contributed by atoms with E-state index in [1.54, 1.807) is 31.4 Å². The minimum Gasteiger partial charge on any atom is -0.497 e. The van der Waals surface area contributed by atoms with Crippen molar-refractivity contribution in [3.63, 3.8) is 0 Å². The molecule has 2 rings (SSSR count). The molecule has 5 nitrogen and oxygen atoms in total. The Morgan fingerprint density at radius 3 is 2.75 bits per heavy atom. The van der Waals surface area contributed by atoms with Gasteiger partial charge in [0.15, 0.2) is 5.82 Å². The Balaban J connectivity index is 2.47. The van der Waals surface area contributed by atoms with Crippen LogP contribution < -0.4 is 15.6 Å². The third kappa shape index (κ3) is 2.92. The Hall–Kier alpha value is -2.45. The van der Waals surface area contributed by atoms with E-state index in [-0.39, 0.29) is 23.1 Å². The maximum Gasteiger partial charge on any atom is 0.297 e. The van der Waals surface area contributed by atoms with Crippen LogP contribution in [0.25, 0.3) is 5.69 Å². The first-order valence-electron chi connectivity index (χ1n) is 5.76. The van der Waals surface area contributed by atoms with Gasteiger partial charge in [-0.2, -0.15) is 0 Å². The molecular weight excluding hydrogens is 278 g/mol. The summed E-state index contributed by atoms with van der Waals surface area (Å²) in [5, 5.41) is 2.94. The molecule has 0 aliphatic heterocycles. The second kappa shape index (κ2) is 6.13. The van der Waals surface area contributed by atoms with Crippen LogP contribution in [0.15, 0.2) is 35.3 Å². The van der Waals surface area contributed by atoms with Crippen molar-refractivity contribution in [1.29, 1.82) is 0 Å². The third-order valence-electron chi connectivity index (χ3n) is 2.58. The maximum absolute atomic E-state index is 12.3. The fraction of sp³-hybridized carbons (Fsp3) is 0.143. The summed E-state index contributed by atoms with van der Waals surface area (Å²) >= 11 is 5.92. The van der Waals surface area contributed by atoms with Crippen LogP contribution in [-0.4, -0.2) is 23.2 Å². The smallest absolute Gasteiger partial charge is 0.297 e. The molecule has 6 heteroatoms. The number of rotatable bonds is 4. The molecule has 0 aliphatic rings. The molecule has 0 unspecified atom stereocenters. The number of nitrogens with zero attached hydrogens (tertiary/aromatic N) is 2. The quantitative estimate of drug-likeness (QED) is 0.874. The number of nitrogens with one attached hydrogen (secondary N) is 1. The summed E-state index contributed by atoms with van der Waals surface area (Å²) in [6, 6.07) is 7.01. The van der Waals surface area contributed by atoms with Crippen LogP contribution in [0, 0.1) is 12.3 Å². The van der Waals surface area contributed by atoms with Gasteiger partial charge in [-0.15, -0.1) is 6.42 Å². The van der Waals surface area contributed by atoms with Crippen molar-refractivity contribution in [1.82, 2.24) is 9.55 Å². The first kappa shape index (κ1) is 14.0. The largest absolute Gasteiger partial charge is 0.497 e. The lowest BCUT2D eigenvalue weighted by Gasteiger charge is -2.09. The molecule has 0 aliphatic carbocycles. The molecule has 0 saturated carbocycles. The monoisotopic (exact) mass is 289 g/mol. The standard InChI is InChI=1S/C14H12ClN3O2/c1-3-8-16-13-14(19)18(9-12(15)17-13)10-4-6-11(20-2)7-5-10/h1,4-7,9H,8H2,2H3,(H,16,17).